The first-order valence-electron chi connectivity index (χ1n) is 15.2. The van der Waals surface area contributed by atoms with Crippen LogP contribution in [0.15, 0.2) is 60.7 Å². The largest absolute Gasteiger partial charge is 0.465 e. The Balaban J connectivity index is 0.00000552. The molecule has 45 heavy (non-hydrogen) atoms. The van der Waals surface area contributed by atoms with Crippen molar-refractivity contribution in [3.8, 4) is 0 Å². The maximum Gasteiger partial charge on any atom is 0.325 e. The third-order valence-corrected chi connectivity index (χ3v) is 7.86. The summed E-state index contributed by atoms with van der Waals surface area (Å²) in [6.07, 6.45) is 2.89. The van der Waals surface area contributed by atoms with Crippen LogP contribution in [0.25, 0.3) is 0 Å². The Morgan fingerprint density at radius 3 is 2.18 bits per heavy atom. The molecular weight excluding hydrogens is 598 g/mol. The maximum absolute atomic E-state index is 13.8. The number of carbonyl (C=O) groups is 4. The Bertz CT molecular complexity index is 1260. The molecule has 0 bridgehead atoms. The molecule has 1 heterocycles. The lowest BCUT2D eigenvalue weighted by molar-refractivity contribution is -0.150. The van der Waals surface area contributed by atoms with E-state index in [0.29, 0.717) is 19.6 Å². The molecule has 1 aliphatic carbocycles. The first-order valence-corrected chi connectivity index (χ1v) is 15.2. The zero-order chi connectivity index (χ0) is 31.5. The van der Waals surface area contributed by atoms with Crippen LogP contribution in [0, 0.1) is 11.3 Å². The van der Waals surface area contributed by atoms with Crippen LogP contribution in [0.4, 0.5) is 4.79 Å². The van der Waals surface area contributed by atoms with Crippen LogP contribution in [0.1, 0.15) is 56.2 Å². The molecule has 0 unspecified atom stereocenters. The number of hydrogen-bond donors (Lipinski definition) is 5. The summed E-state index contributed by atoms with van der Waals surface area (Å²) in [6, 6.07) is 16.4. The van der Waals surface area contributed by atoms with Crippen LogP contribution in [-0.4, -0.2) is 84.4 Å². The molecule has 1 aliphatic heterocycles. The van der Waals surface area contributed by atoms with Gasteiger partial charge < -0.3 is 36.2 Å². The molecule has 0 radical (unpaired) electrons. The molecule has 244 valence electrons. The second-order valence-corrected chi connectivity index (χ2v) is 11.3. The number of benzene rings is 2. The number of nitrogens with two attached hydrogens (primary N) is 1. The van der Waals surface area contributed by atoms with Crippen LogP contribution in [-0.2, 0) is 19.1 Å². The molecular formula is C32H44ClN7O5. The summed E-state index contributed by atoms with van der Waals surface area (Å²) < 4.78 is 5.08. The number of hydrogen-bond acceptors (Lipinski definition) is 6. The smallest absolute Gasteiger partial charge is 0.325 e. The summed E-state index contributed by atoms with van der Waals surface area (Å²) >= 11 is 0. The van der Waals surface area contributed by atoms with E-state index in [1.807, 2.05) is 60.7 Å². The van der Waals surface area contributed by atoms with Gasteiger partial charge in [-0.3, -0.25) is 19.8 Å². The normalized spacial score (nSPS) is 16.5. The quantitative estimate of drug-likeness (QED) is 0.127. The summed E-state index contributed by atoms with van der Waals surface area (Å²) in [7, 11) is 0. The summed E-state index contributed by atoms with van der Waals surface area (Å²) in [5, 5.41) is 16.3. The third kappa shape index (κ3) is 10.7. The second kappa shape index (κ2) is 17.2. The molecule has 1 saturated carbocycles. The fraction of sp³-hybridized carbons (Fsp3) is 0.469. The highest BCUT2D eigenvalue weighted by Gasteiger charge is 2.39. The minimum atomic E-state index is -1.21. The van der Waals surface area contributed by atoms with Crippen LogP contribution in [0.3, 0.4) is 0 Å². The molecule has 4 amide bonds. The fourth-order valence-electron chi connectivity index (χ4n) is 5.47. The number of amides is 4. The topological polar surface area (TPSA) is 170 Å². The summed E-state index contributed by atoms with van der Waals surface area (Å²) in [5.41, 5.74) is 7.35. The summed E-state index contributed by atoms with van der Waals surface area (Å²) in [6.45, 7) is 3.25. The van der Waals surface area contributed by atoms with Crippen LogP contribution >= 0.6 is 12.4 Å². The number of likely N-dealkylation sites (tertiary alicyclic amines) is 1. The number of guanidine groups is 1. The Morgan fingerprint density at radius 2 is 1.62 bits per heavy atom. The van der Waals surface area contributed by atoms with Gasteiger partial charge in [-0.05, 0) is 49.7 Å². The lowest BCUT2D eigenvalue weighted by Gasteiger charge is -2.33. The molecule has 4 rings (SSSR count). The van der Waals surface area contributed by atoms with E-state index < -0.39 is 35.9 Å². The van der Waals surface area contributed by atoms with Gasteiger partial charge in [0.25, 0.3) is 0 Å². The third-order valence-electron chi connectivity index (χ3n) is 7.86. The summed E-state index contributed by atoms with van der Waals surface area (Å²) in [4.78, 5) is 56.0. The molecule has 2 fully saturated rings. The van der Waals surface area contributed by atoms with Crippen molar-refractivity contribution < 1.29 is 23.9 Å². The van der Waals surface area contributed by atoms with E-state index in [1.54, 1.807) is 11.8 Å². The van der Waals surface area contributed by atoms with Crippen molar-refractivity contribution in [2.75, 3.05) is 32.8 Å². The second-order valence-electron chi connectivity index (χ2n) is 11.3. The average molecular weight is 642 g/mol. The monoisotopic (exact) mass is 641 g/mol. The van der Waals surface area contributed by atoms with Gasteiger partial charge >= 0.3 is 12.0 Å². The summed E-state index contributed by atoms with van der Waals surface area (Å²) in [5.74, 6) is -1.35. The molecule has 1 saturated heterocycles. The van der Waals surface area contributed by atoms with E-state index in [-0.39, 0.29) is 49.9 Å². The number of nitrogens with zero attached hydrogens (tertiary/aromatic N) is 2. The first kappa shape index (κ1) is 35.2. The van der Waals surface area contributed by atoms with Crippen molar-refractivity contribution >= 4 is 42.2 Å². The van der Waals surface area contributed by atoms with Gasteiger partial charge in [-0.15, -0.1) is 12.4 Å². The van der Waals surface area contributed by atoms with E-state index in [0.717, 1.165) is 36.8 Å². The zero-order valence-corrected chi connectivity index (χ0v) is 26.4. The van der Waals surface area contributed by atoms with Gasteiger partial charge in [0.05, 0.1) is 19.1 Å². The molecule has 2 aromatic carbocycles. The number of nitrogens with one attached hydrogen (secondary N) is 4. The van der Waals surface area contributed by atoms with Gasteiger partial charge in [0.15, 0.2) is 5.96 Å². The Hall–Kier alpha value is -4.32. The Kier molecular flexibility index (Phi) is 13.5. The molecule has 2 aromatic rings. The molecule has 2 atom stereocenters. The molecule has 0 spiro atoms. The van der Waals surface area contributed by atoms with Crippen molar-refractivity contribution in [1.82, 2.24) is 25.8 Å². The highest BCUT2D eigenvalue weighted by Crippen LogP contribution is 2.28. The van der Waals surface area contributed by atoms with Gasteiger partial charge in [0.2, 0.25) is 11.8 Å². The van der Waals surface area contributed by atoms with Gasteiger partial charge in [0, 0.05) is 25.7 Å². The van der Waals surface area contributed by atoms with Crippen molar-refractivity contribution in [1.29, 1.82) is 5.41 Å². The Morgan fingerprint density at radius 1 is 1.00 bits per heavy atom. The van der Waals surface area contributed by atoms with Crippen LogP contribution in [0.2, 0.25) is 0 Å². The fourth-order valence-corrected chi connectivity index (χ4v) is 5.47. The Labute approximate surface area is 270 Å². The number of urea groups is 1. The standard InChI is InChI=1S/C32H43N7O5.ClH/c1-2-44-28(41)21-39(25-15-16-25)30(42)26(18-27(40)35-19-22-10-9-17-38(20-22)31(33)34)36-32(43)37-29(23-11-5-3-6-12-23)24-13-7-4-8-14-24;/h3-8,11-14,22,25-26,29H,2,9-10,15-21H2,1H3,(H3,33,34)(H,35,40)(H2,36,37,43);1H/t22-,26-;/m0./s1. The van der Waals surface area contributed by atoms with E-state index in [1.165, 1.54) is 4.90 Å². The highest BCUT2D eigenvalue weighted by molar-refractivity contribution is 5.93. The van der Waals surface area contributed by atoms with Crippen molar-refractivity contribution in [3.05, 3.63) is 71.8 Å². The minimum Gasteiger partial charge on any atom is -0.465 e. The van der Waals surface area contributed by atoms with Gasteiger partial charge in [-0.25, -0.2) is 4.79 Å². The molecule has 12 nitrogen and oxygen atoms in total. The van der Waals surface area contributed by atoms with E-state index in [9.17, 15) is 19.2 Å². The van der Waals surface area contributed by atoms with E-state index >= 15 is 0 Å². The SMILES string of the molecule is CCOC(=O)CN(C(=O)[C@H](CC(=O)NC[C@@H]1CCCN(C(=N)N)C1)NC(=O)NC(c1ccccc1)c1ccccc1)C1CC1.Cl. The van der Waals surface area contributed by atoms with Crippen molar-refractivity contribution in [3.63, 3.8) is 0 Å². The number of ether oxygens (including phenoxy) is 1. The van der Waals surface area contributed by atoms with Gasteiger partial charge in [-0.1, -0.05) is 60.7 Å². The van der Waals surface area contributed by atoms with E-state index in [2.05, 4.69) is 16.0 Å². The molecule has 0 aromatic heterocycles. The number of halogens is 1. The predicted octanol–water partition coefficient (Wildman–Crippen LogP) is 2.53. The number of carbonyl (C=O) groups excluding carboxylic acids is 4. The predicted molar refractivity (Wildman–Crippen MR) is 173 cm³/mol. The van der Waals surface area contributed by atoms with Crippen LogP contribution < -0.4 is 21.7 Å². The zero-order valence-electron chi connectivity index (χ0n) is 25.6. The van der Waals surface area contributed by atoms with Crippen molar-refractivity contribution in [2.24, 2.45) is 11.7 Å². The van der Waals surface area contributed by atoms with Gasteiger partial charge in [0.1, 0.15) is 12.6 Å². The molecule has 6 N–H and O–H groups in total. The van der Waals surface area contributed by atoms with E-state index in [4.69, 9.17) is 15.9 Å². The maximum atomic E-state index is 13.8. The number of esters is 1. The minimum absolute atomic E-state index is 0. The number of rotatable bonds is 13. The molecule has 13 heteroatoms. The lowest BCUT2D eigenvalue weighted by atomic mass is 9.98. The number of piperidine rings is 1. The van der Waals surface area contributed by atoms with Gasteiger partial charge in [-0.2, -0.15) is 0 Å². The van der Waals surface area contributed by atoms with Crippen LogP contribution in [0.5, 0.6) is 0 Å². The highest BCUT2D eigenvalue weighted by atomic mass is 35.5. The average Bonchev–Trinajstić information content (AvgIpc) is 3.87. The lowest BCUT2D eigenvalue weighted by Crippen LogP contribution is -2.55. The molecule has 2 aliphatic rings. The first-order chi connectivity index (χ1) is 21.2. The van der Waals surface area contributed by atoms with Crippen molar-refractivity contribution in [2.45, 2.75) is 57.2 Å².